The molecule has 0 aromatic heterocycles. The highest BCUT2D eigenvalue weighted by Crippen LogP contribution is 2.19. The standard InChI is InChI=1S/C13H20N2O4S/c1-2-8-15(9-10-16)20(17,18)13-5-3-12(4-6-13)19-11-7-14/h2-6,16H,1,7-11,14H2. The van der Waals surface area contributed by atoms with Gasteiger partial charge in [0, 0.05) is 19.6 Å². The Morgan fingerprint density at radius 1 is 1.35 bits per heavy atom. The molecule has 3 N–H and O–H groups in total. The molecule has 0 saturated heterocycles. The number of nitrogens with two attached hydrogens (primary N) is 1. The molecule has 20 heavy (non-hydrogen) atoms. The number of aliphatic hydroxyl groups excluding tert-OH is 1. The van der Waals surface area contributed by atoms with E-state index in [-0.39, 0.29) is 24.6 Å². The predicted octanol–water partition coefficient (Wildman–Crippen LogP) is 0.193. The normalized spacial score (nSPS) is 11.6. The molecule has 1 aromatic carbocycles. The van der Waals surface area contributed by atoms with Crippen LogP contribution in [0.1, 0.15) is 0 Å². The third kappa shape index (κ3) is 4.31. The summed E-state index contributed by atoms with van der Waals surface area (Å²) in [6.45, 7) is 4.21. The van der Waals surface area contributed by atoms with Crippen molar-refractivity contribution in [3.8, 4) is 5.75 Å². The molecule has 0 aliphatic heterocycles. The molecular weight excluding hydrogens is 280 g/mol. The van der Waals surface area contributed by atoms with Crippen LogP contribution >= 0.6 is 0 Å². The average Bonchev–Trinajstić information content (AvgIpc) is 2.45. The molecule has 1 rings (SSSR count). The van der Waals surface area contributed by atoms with Gasteiger partial charge in [-0.1, -0.05) is 6.08 Å². The van der Waals surface area contributed by atoms with Gasteiger partial charge in [0.1, 0.15) is 12.4 Å². The zero-order valence-corrected chi connectivity index (χ0v) is 12.1. The SMILES string of the molecule is C=CCN(CCO)S(=O)(=O)c1ccc(OCCN)cc1. The van der Waals surface area contributed by atoms with Crippen molar-refractivity contribution >= 4 is 10.0 Å². The van der Waals surface area contributed by atoms with Gasteiger partial charge in [-0.3, -0.25) is 0 Å². The van der Waals surface area contributed by atoms with Crippen molar-refractivity contribution in [1.82, 2.24) is 4.31 Å². The van der Waals surface area contributed by atoms with Gasteiger partial charge in [0.15, 0.2) is 0 Å². The second kappa shape index (κ2) is 8.01. The molecule has 0 bridgehead atoms. The Bertz CT molecular complexity index is 514. The Labute approximate surface area is 119 Å². The Morgan fingerprint density at radius 3 is 2.50 bits per heavy atom. The summed E-state index contributed by atoms with van der Waals surface area (Å²) < 4.78 is 31.1. The van der Waals surface area contributed by atoms with Gasteiger partial charge in [-0.2, -0.15) is 4.31 Å². The zero-order valence-electron chi connectivity index (χ0n) is 11.2. The fraction of sp³-hybridized carbons (Fsp3) is 0.385. The van der Waals surface area contributed by atoms with Crippen LogP contribution in [0.3, 0.4) is 0 Å². The molecule has 6 nitrogen and oxygen atoms in total. The molecule has 0 amide bonds. The first-order chi connectivity index (χ1) is 9.56. The van der Waals surface area contributed by atoms with E-state index in [0.717, 1.165) is 4.31 Å². The summed E-state index contributed by atoms with van der Waals surface area (Å²) in [5.74, 6) is 0.562. The number of aliphatic hydroxyl groups is 1. The minimum atomic E-state index is -3.64. The number of hydrogen-bond donors (Lipinski definition) is 2. The minimum Gasteiger partial charge on any atom is -0.492 e. The van der Waals surface area contributed by atoms with E-state index in [0.29, 0.717) is 18.9 Å². The molecule has 0 spiro atoms. The number of rotatable bonds is 9. The Morgan fingerprint density at radius 2 is 2.00 bits per heavy atom. The van der Waals surface area contributed by atoms with Gasteiger partial charge < -0.3 is 15.6 Å². The highest BCUT2D eigenvalue weighted by molar-refractivity contribution is 7.89. The van der Waals surface area contributed by atoms with E-state index in [4.69, 9.17) is 15.6 Å². The molecule has 0 heterocycles. The van der Waals surface area contributed by atoms with Gasteiger partial charge in [-0.25, -0.2) is 8.42 Å². The molecule has 0 fully saturated rings. The Balaban J connectivity index is 2.93. The maximum Gasteiger partial charge on any atom is 0.243 e. The number of ether oxygens (including phenoxy) is 1. The number of hydrogen-bond acceptors (Lipinski definition) is 5. The smallest absolute Gasteiger partial charge is 0.243 e. The van der Waals surface area contributed by atoms with E-state index < -0.39 is 10.0 Å². The molecule has 112 valence electrons. The first kappa shape index (κ1) is 16.6. The first-order valence-electron chi connectivity index (χ1n) is 6.21. The van der Waals surface area contributed by atoms with Crippen LogP contribution in [0.2, 0.25) is 0 Å². The van der Waals surface area contributed by atoms with Crippen LogP contribution in [-0.4, -0.2) is 50.7 Å². The predicted molar refractivity (Wildman–Crippen MR) is 77.0 cm³/mol. The first-order valence-corrected chi connectivity index (χ1v) is 7.65. The van der Waals surface area contributed by atoms with E-state index in [1.807, 2.05) is 0 Å². The van der Waals surface area contributed by atoms with Crippen LogP contribution in [0.25, 0.3) is 0 Å². The van der Waals surface area contributed by atoms with Crippen LogP contribution in [0.4, 0.5) is 0 Å². The molecule has 1 aromatic rings. The van der Waals surface area contributed by atoms with E-state index in [1.165, 1.54) is 18.2 Å². The maximum absolute atomic E-state index is 12.3. The summed E-state index contributed by atoms with van der Waals surface area (Å²) in [5, 5.41) is 8.94. The van der Waals surface area contributed by atoms with Crippen LogP contribution in [0, 0.1) is 0 Å². The van der Waals surface area contributed by atoms with Gasteiger partial charge >= 0.3 is 0 Å². The second-order valence-electron chi connectivity index (χ2n) is 3.98. The van der Waals surface area contributed by atoms with Crippen LogP contribution in [-0.2, 0) is 10.0 Å². The minimum absolute atomic E-state index is 0.0276. The van der Waals surface area contributed by atoms with E-state index in [1.54, 1.807) is 12.1 Å². The van der Waals surface area contributed by atoms with Crippen molar-refractivity contribution in [2.24, 2.45) is 5.73 Å². The summed E-state index contributed by atoms with van der Waals surface area (Å²) in [4.78, 5) is 0.146. The molecule has 0 aliphatic rings. The van der Waals surface area contributed by atoms with Gasteiger partial charge in [0.2, 0.25) is 10.0 Å². The summed E-state index contributed by atoms with van der Waals surface area (Å²) in [7, 11) is -3.64. The summed E-state index contributed by atoms with van der Waals surface area (Å²) in [6.07, 6.45) is 1.48. The summed E-state index contributed by atoms with van der Waals surface area (Å²) in [5.41, 5.74) is 5.32. The lowest BCUT2D eigenvalue weighted by Gasteiger charge is -2.19. The zero-order chi connectivity index (χ0) is 15.0. The molecule has 0 radical (unpaired) electrons. The van der Waals surface area contributed by atoms with Crippen LogP contribution < -0.4 is 10.5 Å². The molecule has 0 atom stereocenters. The lowest BCUT2D eigenvalue weighted by Crippen LogP contribution is -2.33. The van der Waals surface area contributed by atoms with E-state index in [2.05, 4.69) is 6.58 Å². The summed E-state index contributed by atoms with van der Waals surface area (Å²) >= 11 is 0. The molecule has 0 unspecified atom stereocenters. The van der Waals surface area contributed by atoms with Gasteiger partial charge in [0.25, 0.3) is 0 Å². The highest BCUT2D eigenvalue weighted by Gasteiger charge is 2.22. The Hall–Kier alpha value is -1.41. The van der Waals surface area contributed by atoms with Crippen molar-refractivity contribution in [1.29, 1.82) is 0 Å². The molecular formula is C13H20N2O4S. The second-order valence-corrected chi connectivity index (χ2v) is 5.92. The topological polar surface area (TPSA) is 92.9 Å². The fourth-order valence-corrected chi connectivity index (χ4v) is 3.00. The van der Waals surface area contributed by atoms with Gasteiger partial charge in [0.05, 0.1) is 11.5 Å². The molecule has 7 heteroatoms. The Kier molecular flexibility index (Phi) is 6.66. The number of nitrogens with zero attached hydrogens (tertiary/aromatic N) is 1. The van der Waals surface area contributed by atoms with Crippen molar-refractivity contribution in [2.45, 2.75) is 4.90 Å². The number of sulfonamides is 1. The van der Waals surface area contributed by atoms with Gasteiger partial charge in [-0.05, 0) is 24.3 Å². The molecule has 0 saturated carbocycles. The van der Waals surface area contributed by atoms with Crippen molar-refractivity contribution in [2.75, 3.05) is 32.8 Å². The third-order valence-electron chi connectivity index (χ3n) is 2.53. The largest absolute Gasteiger partial charge is 0.492 e. The van der Waals surface area contributed by atoms with Crippen molar-refractivity contribution < 1.29 is 18.3 Å². The average molecular weight is 300 g/mol. The van der Waals surface area contributed by atoms with Crippen LogP contribution in [0.5, 0.6) is 5.75 Å². The highest BCUT2D eigenvalue weighted by atomic mass is 32.2. The third-order valence-corrected chi connectivity index (χ3v) is 4.41. The van der Waals surface area contributed by atoms with E-state index >= 15 is 0 Å². The maximum atomic E-state index is 12.3. The summed E-state index contributed by atoms with van der Waals surface area (Å²) in [6, 6.07) is 6.09. The molecule has 0 aliphatic carbocycles. The lowest BCUT2D eigenvalue weighted by molar-refractivity contribution is 0.260. The lowest BCUT2D eigenvalue weighted by atomic mass is 10.3. The quantitative estimate of drug-likeness (QED) is 0.635. The number of benzene rings is 1. The van der Waals surface area contributed by atoms with E-state index in [9.17, 15) is 8.42 Å². The van der Waals surface area contributed by atoms with Crippen LogP contribution in [0.15, 0.2) is 41.8 Å². The van der Waals surface area contributed by atoms with Crippen molar-refractivity contribution in [3.05, 3.63) is 36.9 Å². The fourth-order valence-electron chi connectivity index (χ4n) is 1.60. The van der Waals surface area contributed by atoms with Gasteiger partial charge in [-0.15, -0.1) is 6.58 Å². The van der Waals surface area contributed by atoms with Crippen molar-refractivity contribution in [3.63, 3.8) is 0 Å². The monoisotopic (exact) mass is 300 g/mol.